The van der Waals surface area contributed by atoms with Crippen LogP contribution in [-0.4, -0.2) is 22.5 Å². The molecule has 1 amide bonds. The quantitative estimate of drug-likeness (QED) is 0.624. The SMILES string of the molecule is N#CCNC(=O)c1ccncc1O. The van der Waals surface area contributed by atoms with E-state index >= 15 is 0 Å². The molecular formula is C8H7N3O2. The molecule has 0 saturated heterocycles. The zero-order valence-electron chi connectivity index (χ0n) is 6.69. The van der Waals surface area contributed by atoms with Crippen LogP contribution in [0.1, 0.15) is 10.4 Å². The molecular weight excluding hydrogens is 170 g/mol. The smallest absolute Gasteiger partial charge is 0.255 e. The number of nitrogens with one attached hydrogen (secondary N) is 1. The van der Waals surface area contributed by atoms with Gasteiger partial charge in [0.2, 0.25) is 0 Å². The Kier molecular flexibility index (Phi) is 2.82. The van der Waals surface area contributed by atoms with Crippen LogP contribution in [0.5, 0.6) is 5.75 Å². The summed E-state index contributed by atoms with van der Waals surface area (Å²) in [5.41, 5.74) is 0.116. The van der Waals surface area contributed by atoms with Crippen LogP contribution in [0.2, 0.25) is 0 Å². The molecule has 0 saturated carbocycles. The number of hydrogen-bond donors (Lipinski definition) is 2. The molecule has 0 radical (unpaired) electrons. The summed E-state index contributed by atoms with van der Waals surface area (Å²) in [4.78, 5) is 14.8. The van der Waals surface area contributed by atoms with Crippen LogP contribution in [0.25, 0.3) is 0 Å². The van der Waals surface area contributed by atoms with E-state index in [1.54, 1.807) is 6.07 Å². The third kappa shape index (κ3) is 2.17. The van der Waals surface area contributed by atoms with Crippen LogP contribution in [0.15, 0.2) is 18.5 Å². The number of nitrogens with zero attached hydrogens (tertiary/aromatic N) is 2. The molecule has 0 atom stereocenters. The minimum atomic E-state index is -0.485. The highest BCUT2D eigenvalue weighted by Gasteiger charge is 2.08. The molecule has 13 heavy (non-hydrogen) atoms. The van der Waals surface area contributed by atoms with Gasteiger partial charge in [0.05, 0.1) is 17.8 Å². The van der Waals surface area contributed by atoms with Crippen molar-refractivity contribution in [2.24, 2.45) is 0 Å². The Hall–Kier alpha value is -2.09. The van der Waals surface area contributed by atoms with Crippen molar-refractivity contribution in [2.75, 3.05) is 6.54 Å². The molecule has 1 aromatic rings. The van der Waals surface area contributed by atoms with E-state index in [0.29, 0.717) is 0 Å². The number of hydrogen-bond acceptors (Lipinski definition) is 4. The molecule has 1 aromatic heterocycles. The number of rotatable bonds is 2. The Bertz CT molecular complexity index is 357. The Labute approximate surface area is 74.6 Å². The maximum Gasteiger partial charge on any atom is 0.255 e. The lowest BCUT2D eigenvalue weighted by atomic mass is 10.2. The second kappa shape index (κ2) is 4.07. The number of pyridine rings is 1. The van der Waals surface area contributed by atoms with E-state index in [0.717, 1.165) is 0 Å². The van der Waals surface area contributed by atoms with Gasteiger partial charge in [-0.2, -0.15) is 5.26 Å². The molecule has 0 fully saturated rings. The van der Waals surface area contributed by atoms with Crippen molar-refractivity contribution in [3.63, 3.8) is 0 Å². The molecule has 0 aliphatic heterocycles. The highest BCUT2D eigenvalue weighted by atomic mass is 16.3. The van der Waals surface area contributed by atoms with Gasteiger partial charge in [-0.3, -0.25) is 9.78 Å². The van der Waals surface area contributed by atoms with Gasteiger partial charge >= 0.3 is 0 Å². The zero-order chi connectivity index (χ0) is 9.68. The van der Waals surface area contributed by atoms with E-state index in [-0.39, 0.29) is 17.9 Å². The van der Waals surface area contributed by atoms with E-state index in [4.69, 9.17) is 5.26 Å². The van der Waals surface area contributed by atoms with Gasteiger partial charge in [0, 0.05) is 6.20 Å². The largest absolute Gasteiger partial charge is 0.505 e. The summed E-state index contributed by atoms with van der Waals surface area (Å²) in [6, 6.07) is 3.14. The van der Waals surface area contributed by atoms with Crippen molar-refractivity contribution >= 4 is 5.91 Å². The summed E-state index contributed by atoms with van der Waals surface area (Å²) in [6.07, 6.45) is 2.56. The van der Waals surface area contributed by atoms with Gasteiger partial charge in [-0.1, -0.05) is 0 Å². The lowest BCUT2D eigenvalue weighted by Gasteiger charge is -2.01. The van der Waals surface area contributed by atoms with Gasteiger partial charge in [0.25, 0.3) is 5.91 Å². The van der Waals surface area contributed by atoms with Gasteiger partial charge in [-0.05, 0) is 6.07 Å². The first-order valence-electron chi connectivity index (χ1n) is 3.54. The van der Waals surface area contributed by atoms with Crippen LogP contribution in [-0.2, 0) is 0 Å². The fourth-order valence-electron chi connectivity index (χ4n) is 0.793. The summed E-state index contributed by atoms with van der Waals surface area (Å²) >= 11 is 0. The third-order valence-corrected chi connectivity index (χ3v) is 1.37. The lowest BCUT2D eigenvalue weighted by molar-refractivity contribution is 0.0955. The number of carbonyl (C=O) groups excluding carboxylic acids is 1. The molecule has 0 unspecified atom stereocenters. The van der Waals surface area contributed by atoms with Crippen molar-refractivity contribution in [3.05, 3.63) is 24.0 Å². The van der Waals surface area contributed by atoms with Gasteiger partial charge < -0.3 is 10.4 Å². The first kappa shape index (κ1) is 9.00. The monoisotopic (exact) mass is 177 g/mol. The van der Waals surface area contributed by atoms with E-state index < -0.39 is 5.91 Å². The fourth-order valence-corrected chi connectivity index (χ4v) is 0.793. The Morgan fingerprint density at radius 2 is 2.54 bits per heavy atom. The van der Waals surface area contributed by atoms with E-state index in [1.807, 2.05) is 0 Å². The van der Waals surface area contributed by atoms with E-state index in [1.165, 1.54) is 18.5 Å². The lowest BCUT2D eigenvalue weighted by Crippen LogP contribution is -2.23. The number of aromatic hydroxyl groups is 1. The maximum absolute atomic E-state index is 11.2. The minimum Gasteiger partial charge on any atom is -0.505 e. The van der Waals surface area contributed by atoms with Crippen molar-refractivity contribution in [2.45, 2.75) is 0 Å². The topological polar surface area (TPSA) is 86.0 Å². The van der Waals surface area contributed by atoms with Crippen molar-refractivity contribution in [1.82, 2.24) is 10.3 Å². The van der Waals surface area contributed by atoms with Crippen LogP contribution in [0.4, 0.5) is 0 Å². The molecule has 1 heterocycles. The first-order valence-corrected chi connectivity index (χ1v) is 3.54. The third-order valence-electron chi connectivity index (χ3n) is 1.37. The number of aromatic nitrogens is 1. The van der Waals surface area contributed by atoms with Gasteiger partial charge in [-0.15, -0.1) is 0 Å². The van der Waals surface area contributed by atoms with E-state index in [2.05, 4.69) is 10.3 Å². The van der Waals surface area contributed by atoms with Crippen molar-refractivity contribution in [1.29, 1.82) is 5.26 Å². The number of amides is 1. The maximum atomic E-state index is 11.2. The summed E-state index contributed by atoms with van der Waals surface area (Å²) in [5, 5.41) is 19.7. The van der Waals surface area contributed by atoms with Crippen molar-refractivity contribution in [3.8, 4) is 11.8 Å². The molecule has 5 heteroatoms. The Balaban J connectivity index is 2.78. The van der Waals surface area contributed by atoms with E-state index in [9.17, 15) is 9.90 Å². The van der Waals surface area contributed by atoms with Crippen LogP contribution < -0.4 is 5.32 Å². The summed E-state index contributed by atoms with van der Waals surface area (Å²) in [7, 11) is 0. The normalized spacial score (nSPS) is 8.85. The fraction of sp³-hybridized carbons (Fsp3) is 0.125. The average molecular weight is 177 g/mol. The van der Waals surface area contributed by atoms with Crippen LogP contribution in [0, 0.1) is 11.3 Å². The molecule has 2 N–H and O–H groups in total. The predicted octanol–water partition coefficient (Wildman–Crippen LogP) is 0.0406. The van der Waals surface area contributed by atoms with Crippen LogP contribution >= 0.6 is 0 Å². The highest BCUT2D eigenvalue weighted by Crippen LogP contribution is 2.12. The summed E-state index contributed by atoms with van der Waals surface area (Å²) in [5.74, 6) is -0.681. The zero-order valence-corrected chi connectivity index (χ0v) is 6.69. The molecule has 0 aliphatic carbocycles. The Morgan fingerprint density at radius 1 is 1.77 bits per heavy atom. The standard InChI is InChI=1S/C8H7N3O2/c9-2-4-11-8(13)6-1-3-10-5-7(6)12/h1,3,5,12H,4H2,(H,11,13). The van der Waals surface area contributed by atoms with Crippen LogP contribution in [0.3, 0.4) is 0 Å². The van der Waals surface area contributed by atoms with Gasteiger partial charge in [0.1, 0.15) is 12.3 Å². The molecule has 0 aromatic carbocycles. The molecule has 0 aliphatic rings. The Morgan fingerprint density at radius 3 is 3.15 bits per heavy atom. The molecule has 1 rings (SSSR count). The molecule has 0 spiro atoms. The average Bonchev–Trinajstić information content (AvgIpc) is 2.15. The molecule has 66 valence electrons. The number of carbonyl (C=O) groups is 1. The predicted molar refractivity (Wildman–Crippen MR) is 43.8 cm³/mol. The molecule has 0 bridgehead atoms. The van der Waals surface area contributed by atoms with Gasteiger partial charge in [-0.25, -0.2) is 0 Å². The second-order valence-electron chi connectivity index (χ2n) is 2.23. The van der Waals surface area contributed by atoms with Crippen molar-refractivity contribution < 1.29 is 9.90 Å². The summed E-state index contributed by atoms with van der Waals surface area (Å²) < 4.78 is 0. The van der Waals surface area contributed by atoms with Gasteiger partial charge in [0.15, 0.2) is 0 Å². The molecule has 5 nitrogen and oxygen atoms in total. The first-order chi connectivity index (χ1) is 6.25. The summed E-state index contributed by atoms with van der Waals surface area (Å²) in [6.45, 7) is -0.0827. The number of nitriles is 1. The minimum absolute atomic E-state index is 0.0827. The highest BCUT2D eigenvalue weighted by molar-refractivity contribution is 5.96. The second-order valence-corrected chi connectivity index (χ2v) is 2.23.